The topological polar surface area (TPSA) is 72.2 Å². The van der Waals surface area contributed by atoms with Crippen molar-refractivity contribution < 1.29 is 14.0 Å². The molecule has 1 aliphatic carbocycles. The molecule has 126 valence electrons. The number of carbonyl (C=O) groups excluding carboxylic acids is 2. The highest BCUT2D eigenvalue weighted by molar-refractivity contribution is 8.00. The molecule has 0 bridgehead atoms. The molecule has 4 nitrogen and oxygen atoms in total. The summed E-state index contributed by atoms with van der Waals surface area (Å²) < 4.78 is 13.6. The van der Waals surface area contributed by atoms with Crippen LogP contribution < -0.4 is 11.1 Å². The van der Waals surface area contributed by atoms with E-state index in [2.05, 4.69) is 5.32 Å². The minimum absolute atomic E-state index is 0.0711. The number of thiophene rings is 1. The van der Waals surface area contributed by atoms with Crippen LogP contribution in [-0.4, -0.2) is 17.6 Å². The molecule has 1 heterocycles. The number of hydrogen-bond donors (Lipinski definition) is 2. The lowest BCUT2D eigenvalue weighted by atomic mass is 9.95. The lowest BCUT2D eigenvalue weighted by Crippen LogP contribution is -2.19. The Hall–Kier alpha value is -1.86. The fourth-order valence-electron chi connectivity index (χ4n) is 2.78. The van der Waals surface area contributed by atoms with Gasteiger partial charge in [-0.25, -0.2) is 4.39 Å². The van der Waals surface area contributed by atoms with Gasteiger partial charge in [-0.3, -0.25) is 9.59 Å². The number of fused-ring (bicyclic) bond motifs is 1. The van der Waals surface area contributed by atoms with Gasteiger partial charge < -0.3 is 11.1 Å². The Morgan fingerprint density at radius 2 is 2.00 bits per heavy atom. The fraction of sp³-hybridized carbons (Fsp3) is 0.294. The second kappa shape index (κ2) is 7.36. The zero-order valence-electron chi connectivity index (χ0n) is 12.9. The summed E-state index contributed by atoms with van der Waals surface area (Å²) in [4.78, 5) is 25.5. The number of carbonyl (C=O) groups is 2. The standard InChI is InChI=1S/C17H17FN2O2S2/c18-11-6-2-4-8-13(11)23-9-14(21)20-17-15(16(19)22)10-5-1-3-7-12(10)24-17/h2,4,6,8H,1,3,5,7,9H2,(H2,19,22)(H,20,21). The molecule has 0 saturated heterocycles. The molecule has 0 radical (unpaired) electrons. The third-order valence-corrected chi connectivity index (χ3v) is 6.12. The lowest BCUT2D eigenvalue weighted by Gasteiger charge is -2.11. The van der Waals surface area contributed by atoms with E-state index in [1.807, 2.05) is 0 Å². The number of benzene rings is 1. The molecule has 7 heteroatoms. The summed E-state index contributed by atoms with van der Waals surface area (Å²) in [5.74, 6) is -1.06. The number of amides is 2. The number of rotatable bonds is 5. The van der Waals surface area contributed by atoms with Crippen LogP contribution >= 0.6 is 23.1 Å². The average molecular weight is 364 g/mol. The zero-order valence-corrected chi connectivity index (χ0v) is 14.6. The second-order valence-electron chi connectivity index (χ2n) is 5.55. The van der Waals surface area contributed by atoms with Crippen LogP contribution in [0.3, 0.4) is 0 Å². The van der Waals surface area contributed by atoms with Gasteiger partial charge in [-0.15, -0.1) is 23.1 Å². The fourth-order valence-corrected chi connectivity index (χ4v) is 4.83. The molecule has 2 aromatic rings. The summed E-state index contributed by atoms with van der Waals surface area (Å²) in [6, 6.07) is 6.32. The number of nitrogens with one attached hydrogen (secondary N) is 1. The maximum Gasteiger partial charge on any atom is 0.251 e. The number of hydrogen-bond acceptors (Lipinski definition) is 4. The van der Waals surface area contributed by atoms with E-state index in [0.29, 0.717) is 15.5 Å². The second-order valence-corrected chi connectivity index (χ2v) is 7.67. The van der Waals surface area contributed by atoms with Crippen molar-refractivity contribution >= 4 is 39.9 Å². The van der Waals surface area contributed by atoms with Crippen LogP contribution in [-0.2, 0) is 17.6 Å². The summed E-state index contributed by atoms with van der Waals surface area (Å²) in [6.07, 6.45) is 3.85. The number of thioether (sulfide) groups is 1. The van der Waals surface area contributed by atoms with Gasteiger partial charge in [-0.05, 0) is 43.4 Å². The maximum atomic E-state index is 13.6. The SMILES string of the molecule is NC(=O)c1c(NC(=O)CSc2ccccc2F)sc2c1CCCC2. The van der Waals surface area contributed by atoms with Crippen molar-refractivity contribution in [2.75, 3.05) is 11.1 Å². The minimum Gasteiger partial charge on any atom is -0.365 e. The van der Waals surface area contributed by atoms with Crippen LogP contribution in [0.4, 0.5) is 9.39 Å². The Balaban J connectivity index is 1.71. The van der Waals surface area contributed by atoms with Gasteiger partial charge in [-0.1, -0.05) is 12.1 Å². The van der Waals surface area contributed by atoms with E-state index >= 15 is 0 Å². The van der Waals surface area contributed by atoms with Gasteiger partial charge in [0.05, 0.1) is 11.3 Å². The van der Waals surface area contributed by atoms with Gasteiger partial charge in [-0.2, -0.15) is 0 Å². The van der Waals surface area contributed by atoms with E-state index in [9.17, 15) is 14.0 Å². The first kappa shape index (κ1) is 17.0. The molecule has 1 aromatic carbocycles. The molecule has 3 rings (SSSR count). The Morgan fingerprint density at radius 1 is 1.25 bits per heavy atom. The first-order valence-corrected chi connectivity index (χ1v) is 9.48. The van der Waals surface area contributed by atoms with Gasteiger partial charge in [0.25, 0.3) is 5.91 Å². The van der Waals surface area contributed by atoms with Crippen molar-refractivity contribution in [3.8, 4) is 0 Å². The third kappa shape index (κ3) is 3.62. The number of nitrogens with two attached hydrogens (primary N) is 1. The Labute approximate surface area is 147 Å². The van der Waals surface area contributed by atoms with E-state index in [0.717, 1.165) is 47.9 Å². The van der Waals surface area contributed by atoms with Crippen molar-refractivity contribution in [3.05, 3.63) is 46.1 Å². The molecule has 0 atom stereocenters. The third-order valence-electron chi connectivity index (χ3n) is 3.87. The predicted octanol–water partition coefficient (Wildman–Crippen LogP) is 3.60. The highest BCUT2D eigenvalue weighted by Gasteiger charge is 2.24. The Morgan fingerprint density at radius 3 is 2.75 bits per heavy atom. The summed E-state index contributed by atoms with van der Waals surface area (Å²) >= 11 is 2.55. The molecular weight excluding hydrogens is 347 g/mol. The highest BCUT2D eigenvalue weighted by Crippen LogP contribution is 2.38. The van der Waals surface area contributed by atoms with E-state index in [-0.39, 0.29) is 17.5 Å². The molecular formula is C17H17FN2O2S2. The van der Waals surface area contributed by atoms with Gasteiger partial charge in [0, 0.05) is 9.77 Å². The van der Waals surface area contributed by atoms with Crippen LogP contribution in [0.25, 0.3) is 0 Å². The number of aryl methyl sites for hydroxylation is 1. The minimum atomic E-state index is -0.508. The molecule has 24 heavy (non-hydrogen) atoms. The van der Waals surface area contributed by atoms with E-state index < -0.39 is 5.91 Å². The van der Waals surface area contributed by atoms with Crippen LogP contribution in [0.5, 0.6) is 0 Å². The molecule has 0 spiro atoms. The smallest absolute Gasteiger partial charge is 0.251 e. The summed E-state index contributed by atoms with van der Waals surface area (Å²) in [5.41, 5.74) is 6.93. The molecule has 0 fully saturated rings. The number of anilines is 1. The first-order chi connectivity index (χ1) is 11.6. The summed E-state index contributed by atoms with van der Waals surface area (Å²) in [5, 5.41) is 3.30. The number of primary amides is 1. The van der Waals surface area contributed by atoms with Gasteiger partial charge >= 0.3 is 0 Å². The summed E-state index contributed by atoms with van der Waals surface area (Å²) in [6.45, 7) is 0. The van der Waals surface area contributed by atoms with Crippen LogP contribution in [0.15, 0.2) is 29.2 Å². The van der Waals surface area contributed by atoms with Crippen LogP contribution in [0.1, 0.15) is 33.6 Å². The molecule has 1 aromatic heterocycles. The molecule has 1 aliphatic rings. The van der Waals surface area contributed by atoms with Crippen LogP contribution in [0, 0.1) is 5.82 Å². The van der Waals surface area contributed by atoms with E-state index in [1.165, 1.54) is 17.4 Å². The first-order valence-electron chi connectivity index (χ1n) is 7.67. The summed E-state index contributed by atoms with van der Waals surface area (Å²) in [7, 11) is 0. The van der Waals surface area contributed by atoms with Gasteiger partial charge in [0.1, 0.15) is 10.8 Å². The molecule has 0 unspecified atom stereocenters. The Bertz CT molecular complexity index is 789. The normalized spacial score (nSPS) is 13.4. The van der Waals surface area contributed by atoms with Gasteiger partial charge in [0.2, 0.25) is 5.91 Å². The van der Waals surface area contributed by atoms with Crippen molar-refractivity contribution in [2.45, 2.75) is 30.6 Å². The maximum absolute atomic E-state index is 13.6. The molecule has 0 saturated carbocycles. The van der Waals surface area contributed by atoms with Gasteiger partial charge in [0.15, 0.2) is 0 Å². The Kier molecular flexibility index (Phi) is 5.20. The predicted molar refractivity (Wildman–Crippen MR) is 95.2 cm³/mol. The van der Waals surface area contributed by atoms with E-state index in [1.54, 1.807) is 18.2 Å². The molecule has 0 aliphatic heterocycles. The zero-order chi connectivity index (χ0) is 17.1. The van der Waals surface area contributed by atoms with Crippen LogP contribution in [0.2, 0.25) is 0 Å². The molecule has 2 amide bonds. The number of halogens is 1. The van der Waals surface area contributed by atoms with Crippen molar-refractivity contribution in [3.63, 3.8) is 0 Å². The molecule has 3 N–H and O–H groups in total. The quantitative estimate of drug-likeness (QED) is 0.796. The highest BCUT2D eigenvalue weighted by atomic mass is 32.2. The largest absolute Gasteiger partial charge is 0.365 e. The van der Waals surface area contributed by atoms with Crippen molar-refractivity contribution in [1.82, 2.24) is 0 Å². The van der Waals surface area contributed by atoms with Crippen molar-refractivity contribution in [2.24, 2.45) is 5.73 Å². The monoisotopic (exact) mass is 364 g/mol. The lowest BCUT2D eigenvalue weighted by molar-refractivity contribution is -0.113. The average Bonchev–Trinajstić information content (AvgIpc) is 2.92. The van der Waals surface area contributed by atoms with E-state index in [4.69, 9.17) is 5.73 Å². The van der Waals surface area contributed by atoms with Crippen molar-refractivity contribution in [1.29, 1.82) is 0 Å².